The van der Waals surface area contributed by atoms with Gasteiger partial charge in [-0.15, -0.1) is 9.36 Å². The Balaban J connectivity index is 0.000000980. The molecule has 2 aromatic rings. The zero-order chi connectivity index (χ0) is 9.26. The summed E-state index contributed by atoms with van der Waals surface area (Å²) in [6.45, 7) is 2.10. The summed E-state index contributed by atoms with van der Waals surface area (Å²) in [5.41, 5.74) is 2.45. The van der Waals surface area contributed by atoms with Gasteiger partial charge in [-0.2, -0.15) is 0 Å². The fraction of sp³-hybridized carbons (Fsp3) is 0.182. The minimum absolute atomic E-state index is 0. The Morgan fingerprint density at radius 1 is 1.07 bits per heavy atom. The number of para-hydroxylation sites is 1. The molecule has 0 saturated carbocycles. The van der Waals surface area contributed by atoms with Crippen LogP contribution in [0.4, 0.5) is 0 Å². The molecule has 0 bridgehead atoms. The van der Waals surface area contributed by atoms with E-state index in [0.717, 1.165) is 0 Å². The van der Waals surface area contributed by atoms with Gasteiger partial charge in [0.15, 0.2) is 13.2 Å². The van der Waals surface area contributed by atoms with Gasteiger partial charge in [-0.3, -0.25) is 0 Å². The highest BCUT2D eigenvalue weighted by Crippen LogP contribution is 2.06. The largest absolute Gasteiger partial charge is 1.00 e. The molecule has 0 spiro atoms. The maximum Gasteiger partial charge on any atom is 0.196 e. The van der Waals surface area contributed by atoms with Gasteiger partial charge in [0, 0.05) is 6.07 Å². The molecule has 0 fully saturated rings. The summed E-state index contributed by atoms with van der Waals surface area (Å²) in [4.78, 5) is 0. The monoisotopic (exact) mass is 300 g/mol. The topological polar surface area (TPSA) is 8.81 Å². The lowest BCUT2D eigenvalue weighted by molar-refractivity contribution is -0.744. The predicted molar refractivity (Wildman–Crippen MR) is 51.7 cm³/mol. The van der Waals surface area contributed by atoms with Gasteiger partial charge in [0.25, 0.3) is 0 Å². The molecule has 0 radical (unpaired) electrons. The van der Waals surface area contributed by atoms with Crippen molar-refractivity contribution in [2.75, 3.05) is 0 Å². The van der Waals surface area contributed by atoms with Crippen LogP contribution >= 0.6 is 0 Å². The lowest BCUT2D eigenvalue weighted by Crippen LogP contribution is -3.00. The SMILES string of the molecule is Cc1cc[n+](C)n1-c1ccccc1.[I-]. The summed E-state index contributed by atoms with van der Waals surface area (Å²) in [6, 6.07) is 12.4. The lowest BCUT2D eigenvalue weighted by atomic mass is 10.3. The van der Waals surface area contributed by atoms with Crippen molar-refractivity contribution >= 4 is 0 Å². The van der Waals surface area contributed by atoms with Crippen LogP contribution < -0.4 is 28.7 Å². The quantitative estimate of drug-likeness (QED) is 0.453. The minimum atomic E-state index is 0. The molecular formula is C11H13IN2. The third-order valence-corrected chi connectivity index (χ3v) is 2.18. The van der Waals surface area contributed by atoms with Crippen LogP contribution in [0.3, 0.4) is 0 Å². The number of halogens is 1. The average Bonchev–Trinajstić information content (AvgIpc) is 2.48. The fourth-order valence-electron chi connectivity index (χ4n) is 1.56. The van der Waals surface area contributed by atoms with E-state index in [-0.39, 0.29) is 24.0 Å². The Morgan fingerprint density at radius 3 is 2.21 bits per heavy atom. The van der Waals surface area contributed by atoms with E-state index in [1.54, 1.807) is 0 Å². The van der Waals surface area contributed by atoms with E-state index < -0.39 is 0 Å². The molecule has 0 aliphatic carbocycles. The van der Waals surface area contributed by atoms with Gasteiger partial charge in [-0.1, -0.05) is 18.2 Å². The van der Waals surface area contributed by atoms with E-state index >= 15 is 0 Å². The van der Waals surface area contributed by atoms with Crippen LogP contribution in [0.15, 0.2) is 42.6 Å². The van der Waals surface area contributed by atoms with E-state index in [2.05, 4.69) is 52.8 Å². The lowest BCUT2D eigenvalue weighted by Gasteiger charge is -2.01. The number of benzene rings is 1. The molecule has 3 heteroatoms. The molecule has 0 atom stereocenters. The van der Waals surface area contributed by atoms with Gasteiger partial charge in [-0.05, 0) is 19.1 Å². The van der Waals surface area contributed by atoms with Gasteiger partial charge in [0.1, 0.15) is 5.69 Å². The summed E-state index contributed by atoms with van der Waals surface area (Å²) in [5, 5.41) is 0. The average molecular weight is 300 g/mol. The molecule has 74 valence electrons. The van der Waals surface area contributed by atoms with Crippen LogP contribution in [-0.2, 0) is 7.05 Å². The van der Waals surface area contributed by atoms with Crippen molar-refractivity contribution in [3.8, 4) is 5.69 Å². The number of aromatic nitrogens is 2. The standard InChI is InChI=1S/C11H13N2.HI/c1-10-8-9-12(2)13(10)11-6-4-3-5-7-11;/h3-9H,1-2H3;1H/q+1;/p-1. The molecule has 0 amide bonds. The molecule has 1 aromatic carbocycles. The molecule has 0 saturated heterocycles. The summed E-state index contributed by atoms with van der Waals surface area (Å²) in [5.74, 6) is 0. The molecule has 0 unspecified atom stereocenters. The highest BCUT2D eigenvalue weighted by molar-refractivity contribution is 5.30. The second kappa shape index (κ2) is 4.59. The zero-order valence-electron chi connectivity index (χ0n) is 8.31. The van der Waals surface area contributed by atoms with E-state index in [1.807, 2.05) is 13.1 Å². The molecule has 0 aliphatic heterocycles. The first-order valence-electron chi connectivity index (χ1n) is 4.39. The number of aryl methyl sites for hydroxylation is 2. The molecular weight excluding hydrogens is 287 g/mol. The maximum atomic E-state index is 2.17. The Morgan fingerprint density at radius 2 is 1.71 bits per heavy atom. The second-order valence-electron chi connectivity index (χ2n) is 3.18. The first kappa shape index (κ1) is 11.2. The summed E-state index contributed by atoms with van der Waals surface area (Å²) >= 11 is 0. The van der Waals surface area contributed by atoms with E-state index in [1.165, 1.54) is 11.4 Å². The van der Waals surface area contributed by atoms with Crippen molar-refractivity contribution in [1.82, 2.24) is 4.68 Å². The predicted octanol–water partition coefficient (Wildman–Crippen LogP) is -1.39. The van der Waals surface area contributed by atoms with Crippen LogP contribution in [0.2, 0.25) is 0 Å². The van der Waals surface area contributed by atoms with Crippen molar-refractivity contribution in [2.45, 2.75) is 6.92 Å². The Hall–Kier alpha value is -0.840. The van der Waals surface area contributed by atoms with Crippen molar-refractivity contribution < 1.29 is 28.7 Å². The van der Waals surface area contributed by atoms with Gasteiger partial charge >= 0.3 is 0 Å². The first-order valence-corrected chi connectivity index (χ1v) is 4.39. The summed E-state index contributed by atoms with van der Waals surface area (Å²) < 4.78 is 4.24. The molecule has 0 N–H and O–H groups in total. The van der Waals surface area contributed by atoms with E-state index in [9.17, 15) is 0 Å². The zero-order valence-corrected chi connectivity index (χ0v) is 10.5. The summed E-state index contributed by atoms with van der Waals surface area (Å²) in [6.07, 6.45) is 2.06. The Bertz CT molecular complexity index is 387. The molecule has 2 rings (SSSR count). The minimum Gasteiger partial charge on any atom is -1.00 e. The van der Waals surface area contributed by atoms with Crippen LogP contribution in [0.5, 0.6) is 0 Å². The maximum absolute atomic E-state index is 2.17. The van der Waals surface area contributed by atoms with Gasteiger partial charge in [0.05, 0.1) is 5.69 Å². The van der Waals surface area contributed by atoms with Crippen LogP contribution in [-0.4, -0.2) is 4.68 Å². The van der Waals surface area contributed by atoms with Gasteiger partial charge in [0.2, 0.25) is 0 Å². The van der Waals surface area contributed by atoms with Crippen molar-refractivity contribution in [2.24, 2.45) is 7.05 Å². The summed E-state index contributed by atoms with van der Waals surface area (Å²) in [7, 11) is 2.04. The van der Waals surface area contributed by atoms with E-state index in [0.29, 0.717) is 0 Å². The molecule has 1 aromatic heterocycles. The van der Waals surface area contributed by atoms with Crippen LogP contribution in [0, 0.1) is 6.92 Å². The van der Waals surface area contributed by atoms with Crippen molar-refractivity contribution in [3.05, 3.63) is 48.3 Å². The first-order chi connectivity index (χ1) is 6.29. The normalized spacial score (nSPS) is 9.57. The van der Waals surface area contributed by atoms with Crippen LogP contribution in [0.1, 0.15) is 5.69 Å². The van der Waals surface area contributed by atoms with Crippen molar-refractivity contribution in [3.63, 3.8) is 0 Å². The Labute approximate surface area is 101 Å². The fourth-order valence-corrected chi connectivity index (χ4v) is 1.56. The van der Waals surface area contributed by atoms with Crippen LogP contribution in [0.25, 0.3) is 5.69 Å². The Kier molecular flexibility index (Phi) is 3.69. The third-order valence-electron chi connectivity index (χ3n) is 2.18. The number of nitrogens with zero attached hydrogens (tertiary/aromatic N) is 2. The molecule has 1 heterocycles. The van der Waals surface area contributed by atoms with Gasteiger partial charge in [-0.25, -0.2) is 0 Å². The van der Waals surface area contributed by atoms with E-state index in [4.69, 9.17) is 0 Å². The molecule has 2 nitrogen and oxygen atoms in total. The molecule has 0 aliphatic rings. The van der Waals surface area contributed by atoms with Crippen molar-refractivity contribution in [1.29, 1.82) is 0 Å². The second-order valence-corrected chi connectivity index (χ2v) is 3.18. The third kappa shape index (κ3) is 1.97. The highest BCUT2D eigenvalue weighted by Gasteiger charge is 2.08. The number of hydrogen-bond donors (Lipinski definition) is 0. The highest BCUT2D eigenvalue weighted by atomic mass is 127. The number of hydrogen-bond acceptors (Lipinski definition) is 0. The smallest absolute Gasteiger partial charge is 0.196 e. The number of rotatable bonds is 1. The molecule has 14 heavy (non-hydrogen) atoms. The van der Waals surface area contributed by atoms with Gasteiger partial charge < -0.3 is 24.0 Å².